The van der Waals surface area contributed by atoms with E-state index in [4.69, 9.17) is 0 Å². The molecule has 0 atom stereocenters. The maximum Gasteiger partial charge on any atom is 0.123 e. The Morgan fingerprint density at radius 2 is 1.44 bits per heavy atom. The molecule has 0 saturated heterocycles. The predicted molar refractivity (Wildman–Crippen MR) is 101 cm³/mol. The van der Waals surface area contributed by atoms with Crippen molar-refractivity contribution in [2.75, 3.05) is 0 Å². The van der Waals surface area contributed by atoms with Gasteiger partial charge in [0.15, 0.2) is 0 Å². The molecule has 0 bridgehead atoms. The molecular weight excluding hydrogens is 314 g/mol. The Bertz CT molecular complexity index is 662. The molecule has 2 aromatic rings. The van der Waals surface area contributed by atoms with Crippen molar-refractivity contribution in [2.24, 2.45) is 5.92 Å². The molecule has 0 aromatic heterocycles. The second-order valence-electron chi connectivity index (χ2n) is 7.14. The van der Waals surface area contributed by atoms with E-state index in [0.29, 0.717) is 12.2 Å². The summed E-state index contributed by atoms with van der Waals surface area (Å²) < 4.78 is 25.0. The van der Waals surface area contributed by atoms with Crippen LogP contribution in [0, 0.1) is 11.7 Å². The van der Waals surface area contributed by atoms with Crippen LogP contribution < -0.4 is 0 Å². The van der Waals surface area contributed by atoms with Crippen molar-refractivity contribution < 1.29 is 8.78 Å². The van der Waals surface area contributed by atoms with Crippen molar-refractivity contribution in [1.29, 1.82) is 0 Å². The lowest BCUT2D eigenvalue weighted by Crippen LogP contribution is -2.13. The van der Waals surface area contributed by atoms with Gasteiger partial charge in [0.05, 0.1) is 6.33 Å². The Balaban J connectivity index is 1.52. The van der Waals surface area contributed by atoms with Gasteiger partial charge in [0.2, 0.25) is 0 Å². The van der Waals surface area contributed by atoms with Crippen LogP contribution in [0.15, 0.2) is 60.9 Å². The Kier molecular flexibility index (Phi) is 6.38. The molecule has 1 fully saturated rings. The van der Waals surface area contributed by atoms with E-state index in [2.05, 4.69) is 24.3 Å². The minimum absolute atomic E-state index is 0.196. The lowest BCUT2D eigenvalue weighted by Gasteiger charge is -2.29. The van der Waals surface area contributed by atoms with E-state index in [1.165, 1.54) is 49.8 Å². The first-order valence-electron chi connectivity index (χ1n) is 9.37. The quantitative estimate of drug-likeness (QED) is 0.480. The molecule has 0 heterocycles. The highest BCUT2D eigenvalue weighted by Crippen LogP contribution is 2.38. The molecule has 0 nitrogen and oxygen atoms in total. The highest BCUT2D eigenvalue weighted by atomic mass is 19.1. The van der Waals surface area contributed by atoms with Crippen LogP contribution in [0.2, 0.25) is 0 Å². The van der Waals surface area contributed by atoms with Crippen LogP contribution in [0.3, 0.4) is 0 Å². The largest absolute Gasteiger partial charge is 0.216 e. The number of rotatable bonds is 6. The van der Waals surface area contributed by atoms with Gasteiger partial charge in [-0.25, -0.2) is 8.78 Å². The van der Waals surface area contributed by atoms with Crippen molar-refractivity contribution in [3.8, 4) is 11.1 Å². The van der Waals surface area contributed by atoms with E-state index in [9.17, 15) is 8.78 Å². The fraction of sp³-hybridized carbons (Fsp3) is 0.391. The van der Waals surface area contributed by atoms with Gasteiger partial charge in [0.25, 0.3) is 0 Å². The first kappa shape index (κ1) is 17.8. The van der Waals surface area contributed by atoms with E-state index in [0.717, 1.165) is 29.9 Å². The van der Waals surface area contributed by atoms with Crippen molar-refractivity contribution >= 4 is 0 Å². The van der Waals surface area contributed by atoms with Gasteiger partial charge in [-0.15, -0.1) is 0 Å². The molecule has 2 aromatic carbocycles. The minimum atomic E-state index is -0.196. The maximum absolute atomic E-state index is 13.0. The molecule has 132 valence electrons. The van der Waals surface area contributed by atoms with E-state index < -0.39 is 0 Å². The first-order valence-corrected chi connectivity index (χ1v) is 9.37. The summed E-state index contributed by atoms with van der Waals surface area (Å²) in [4.78, 5) is 0. The Labute approximate surface area is 149 Å². The normalized spacial score (nSPS) is 20.9. The minimum Gasteiger partial charge on any atom is -0.216 e. The molecular formula is C23H26F2. The summed E-state index contributed by atoms with van der Waals surface area (Å²) >= 11 is 0. The van der Waals surface area contributed by atoms with Crippen molar-refractivity contribution in [2.45, 2.75) is 50.9 Å². The summed E-state index contributed by atoms with van der Waals surface area (Å²) in [6, 6.07) is 15.4. The fourth-order valence-electron chi connectivity index (χ4n) is 3.96. The summed E-state index contributed by atoms with van der Waals surface area (Å²) in [7, 11) is 0. The number of benzene rings is 2. The van der Waals surface area contributed by atoms with Gasteiger partial charge >= 0.3 is 0 Å². The topological polar surface area (TPSA) is 0 Å². The van der Waals surface area contributed by atoms with E-state index >= 15 is 0 Å². The summed E-state index contributed by atoms with van der Waals surface area (Å²) in [6.07, 6.45) is 10.5. The first-order chi connectivity index (χ1) is 12.3. The third kappa shape index (κ3) is 5.01. The number of allylic oxidation sites excluding steroid dienone is 1. The fourth-order valence-corrected chi connectivity index (χ4v) is 3.96. The van der Waals surface area contributed by atoms with Gasteiger partial charge in [-0.1, -0.05) is 48.9 Å². The average molecular weight is 340 g/mol. The van der Waals surface area contributed by atoms with Crippen molar-refractivity contribution in [3.05, 3.63) is 72.3 Å². The van der Waals surface area contributed by atoms with Gasteiger partial charge in [0.1, 0.15) is 5.82 Å². The summed E-state index contributed by atoms with van der Waals surface area (Å²) in [6.45, 7) is 0. The van der Waals surface area contributed by atoms with Crippen LogP contribution in [0.4, 0.5) is 8.78 Å². The van der Waals surface area contributed by atoms with E-state index in [-0.39, 0.29) is 5.82 Å². The zero-order valence-electron chi connectivity index (χ0n) is 14.6. The standard InChI is InChI=1S/C23H26F2/c24-17-3-1-2-4-18-5-7-19(8-6-18)20-9-11-21(12-10-20)22-13-15-23(25)16-14-22/h3,9-19H,1-2,4-8H2/t18-,19-. The molecule has 0 unspecified atom stereocenters. The van der Waals surface area contributed by atoms with Crippen LogP contribution in [0.1, 0.15) is 56.4 Å². The monoisotopic (exact) mass is 340 g/mol. The van der Waals surface area contributed by atoms with E-state index in [1.807, 2.05) is 12.1 Å². The van der Waals surface area contributed by atoms with Gasteiger partial charge in [-0.3, -0.25) is 0 Å². The molecule has 2 heteroatoms. The molecule has 1 aliphatic rings. The SMILES string of the molecule is FC=CCCC[C@H]1CC[C@H](c2ccc(-c3ccc(F)cc3)cc2)CC1. The second-order valence-corrected chi connectivity index (χ2v) is 7.14. The third-order valence-electron chi connectivity index (χ3n) is 5.48. The molecule has 0 amide bonds. The lowest BCUT2D eigenvalue weighted by atomic mass is 9.77. The van der Waals surface area contributed by atoms with Gasteiger partial charge in [-0.2, -0.15) is 0 Å². The zero-order chi connectivity index (χ0) is 17.5. The van der Waals surface area contributed by atoms with Crippen LogP contribution >= 0.6 is 0 Å². The maximum atomic E-state index is 13.0. The smallest absolute Gasteiger partial charge is 0.123 e. The molecule has 3 rings (SSSR count). The van der Waals surface area contributed by atoms with Gasteiger partial charge < -0.3 is 0 Å². The zero-order valence-corrected chi connectivity index (χ0v) is 14.6. The second kappa shape index (κ2) is 8.94. The predicted octanol–water partition coefficient (Wildman–Crippen LogP) is 7.42. The number of unbranched alkanes of at least 4 members (excludes halogenated alkanes) is 1. The summed E-state index contributed by atoms with van der Waals surface area (Å²) in [5, 5.41) is 0. The lowest BCUT2D eigenvalue weighted by molar-refractivity contribution is 0.305. The third-order valence-corrected chi connectivity index (χ3v) is 5.48. The van der Waals surface area contributed by atoms with Crippen molar-refractivity contribution in [1.82, 2.24) is 0 Å². The highest BCUT2D eigenvalue weighted by molar-refractivity contribution is 5.63. The van der Waals surface area contributed by atoms with Gasteiger partial charge in [0, 0.05) is 0 Å². The molecule has 0 aliphatic heterocycles. The van der Waals surface area contributed by atoms with Crippen LogP contribution in [-0.4, -0.2) is 0 Å². The van der Waals surface area contributed by atoms with Crippen LogP contribution in [0.5, 0.6) is 0 Å². The van der Waals surface area contributed by atoms with Crippen molar-refractivity contribution in [3.63, 3.8) is 0 Å². The molecule has 1 saturated carbocycles. The number of hydrogen-bond acceptors (Lipinski definition) is 0. The van der Waals surface area contributed by atoms with Crippen LogP contribution in [0.25, 0.3) is 11.1 Å². The number of hydrogen-bond donors (Lipinski definition) is 0. The Morgan fingerprint density at radius 3 is 2.04 bits per heavy atom. The van der Waals surface area contributed by atoms with Gasteiger partial charge in [-0.05, 0) is 79.2 Å². The number of halogens is 2. The molecule has 1 aliphatic carbocycles. The molecule has 25 heavy (non-hydrogen) atoms. The average Bonchev–Trinajstić information content (AvgIpc) is 2.67. The summed E-state index contributed by atoms with van der Waals surface area (Å²) in [5.74, 6) is 1.27. The summed E-state index contributed by atoms with van der Waals surface area (Å²) in [5.41, 5.74) is 3.61. The van der Waals surface area contributed by atoms with E-state index in [1.54, 1.807) is 6.08 Å². The molecule has 0 N–H and O–H groups in total. The Morgan fingerprint density at radius 1 is 0.840 bits per heavy atom. The molecule has 0 radical (unpaired) electrons. The van der Waals surface area contributed by atoms with Crippen LogP contribution in [-0.2, 0) is 0 Å². The molecule has 0 spiro atoms. The Hall–Kier alpha value is -1.96. The highest BCUT2D eigenvalue weighted by Gasteiger charge is 2.21.